The number of carbonyl (C=O) groups excluding carboxylic acids is 1. The standard InChI is InChI=1S/C15H12FN3O/c16-12-7-3-1-5-10(12)9-13-11-6-2-4-8-14(11)19(18-13)15(17)20/h1-8H,9H2,(H2,17,20). The number of aromatic nitrogens is 2. The number of para-hydroxylation sites is 1. The number of halogens is 1. The van der Waals surface area contributed by atoms with E-state index in [0.717, 1.165) is 10.1 Å². The Bertz CT molecular complexity index is 795. The maximum Gasteiger partial charge on any atom is 0.340 e. The van der Waals surface area contributed by atoms with Gasteiger partial charge in [-0.1, -0.05) is 36.4 Å². The van der Waals surface area contributed by atoms with Crippen LogP contribution in [0.2, 0.25) is 0 Å². The Balaban J connectivity index is 2.13. The molecule has 1 heterocycles. The number of hydrogen-bond donors (Lipinski definition) is 1. The fraction of sp³-hybridized carbons (Fsp3) is 0.0667. The predicted octanol–water partition coefficient (Wildman–Crippen LogP) is 2.69. The Morgan fingerprint density at radius 1 is 1.15 bits per heavy atom. The molecule has 1 amide bonds. The van der Waals surface area contributed by atoms with E-state index < -0.39 is 6.03 Å². The van der Waals surface area contributed by atoms with Crippen LogP contribution < -0.4 is 5.73 Å². The second-order valence-corrected chi connectivity index (χ2v) is 4.48. The molecule has 0 saturated carbocycles. The highest BCUT2D eigenvalue weighted by molar-refractivity contribution is 5.91. The third kappa shape index (κ3) is 2.03. The quantitative estimate of drug-likeness (QED) is 0.777. The normalized spacial score (nSPS) is 10.8. The van der Waals surface area contributed by atoms with E-state index in [4.69, 9.17) is 5.73 Å². The van der Waals surface area contributed by atoms with Gasteiger partial charge in [-0.05, 0) is 17.7 Å². The molecule has 5 heteroatoms. The zero-order valence-corrected chi connectivity index (χ0v) is 10.6. The summed E-state index contributed by atoms with van der Waals surface area (Å²) in [7, 11) is 0. The summed E-state index contributed by atoms with van der Waals surface area (Å²) >= 11 is 0. The lowest BCUT2D eigenvalue weighted by molar-refractivity contribution is 0.248. The van der Waals surface area contributed by atoms with Gasteiger partial charge in [0.15, 0.2) is 0 Å². The Morgan fingerprint density at radius 2 is 1.85 bits per heavy atom. The van der Waals surface area contributed by atoms with Crippen LogP contribution in [0.25, 0.3) is 10.9 Å². The van der Waals surface area contributed by atoms with E-state index in [2.05, 4.69) is 5.10 Å². The van der Waals surface area contributed by atoms with Crippen LogP contribution in [-0.4, -0.2) is 15.8 Å². The molecule has 0 aliphatic heterocycles. The molecular weight excluding hydrogens is 257 g/mol. The molecular formula is C15H12FN3O. The summed E-state index contributed by atoms with van der Waals surface area (Å²) in [6.07, 6.45) is 0.313. The number of nitrogens with two attached hydrogens (primary N) is 1. The highest BCUT2D eigenvalue weighted by atomic mass is 19.1. The van der Waals surface area contributed by atoms with Gasteiger partial charge in [0.25, 0.3) is 0 Å². The van der Waals surface area contributed by atoms with Crippen molar-refractivity contribution in [1.82, 2.24) is 9.78 Å². The Kier molecular flexibility index (Phi) is 2.95. The number of benzene rings is 2. The SMILES string of the molecule is NC(=O)n1nc(Cc2ccccc2F)c2ccccc21. The first-order valence-corrected chi connectivity index (χ1v) is 6.16. The number of fused-ring (bicyclic) bond motifs is 1. The Labute approximate surface area is 114 Å². The van der Waals surface area contributed by atoms with Crippen LogP contribution in [0.15, 0.2) is 48.5 Å². The highest BCUT2D eigenvalue weighted by Gasteiger charge is 2.14. The third-order valence-corrected chi connectivity index (χ3v) is 3.19. The van der Waals surface area contributed by atoms with Crippen molar-refractivity contribution >= 4 is 16.9 Å². The zero-order chi connectivity index (χ0) is 14.1. The molecule has 3 rings (SSSR count). The smallest absolute Gasteiger partial charge is 0.340 e. The van der Waals surface area contributed by atoms with E-state index >= 15 is 0 Å². The molecule has 0 fully saturated rings. The minimum absolute atomic E-state index is 0.287. The van der Waals surface area contributed by atoms with E-state index in [0.29, 0.717) is 23.2 Å². The average Bonchev–Trinajstić information content (AvgIpc) is 2.81. The molecule has 0 spiro atoms. The van der Waals surface area contributed by atoms with Crippen LogP contribution in [0, 0.1) is 5.82 Å². The van der Waals surface area contributed by atoms with Crippen molar-refractivity contribution in [2.45, 2.75) is 6.42 Å². The summed E-state index contributed by atoms with van der Waals surface area (Å²) in [5.74, 6) is -0.287. The topological polar surface area (TPSA) is 60.9 Å². The number of amides is 1. The lowest BCUT2D eigenvalue weighted by Crippen LogP contribution is -2.20. The number of primary amides is 1. The second kappa shape index (κ2) is 4.77. The predicted molar refractivity (Wildman–Crippen MR) is 73.9 cm³/mol. The van der Waals surface area contributed by atoms with Crippen LogP contribution >= 0.6 is 0 Å². The molecule has 4 nitrogen and oxygen atoms in total. The summed E-state index contributed by atoms with van der Waals surface area (Å²) in [4.78, 5) is 11.4. The first-order chi connectivity index (χ1) is 9.66. The second-order valence-electron chi connectivity index (χ2n) is 4.48. The van der Waals surface area contributed by atoms with E-state index in [9.17, 15) is 9.18 Å². The fourth-order valence-electron chi connectivity index (χ4n) is 2.25. The number of carbonyl (C=O) groups is 1. The van der Waals surface area contributed by atoms with Crippen molar-refractivity contribution in [3.8, 4) is 0 Å². The third-order valence-electron chi connectivity index (χ3n) is 3.19. The number of rotatable bonds is 2. The average molecular weight is 269 g/mol. The molecule has 0 aliphatic carbocycles. The molecule has 0 bridgehead atoms. The largest absolute Gasteiger partial charge is 0.350 e. The highest BCUT2D eigenvalue weighted by Crippen LogP contribution is 2.21. The van der Waals surface area contributed by atoms with Crippen molar-refractivity contribution in [2.24, 2.45) is 5.73 Å². The lowest BCUT2D eigenvalue weighted by Gasteiger charge is -2.00. The summed E-state index contributed by atoms with van der Waals surface area (Å²) in [5.41, 5.74) is 7.10. The maximum atomic E-state index is 13.7. The van der Waals surface area contributed by atoms with Gasteiger partial charge in [-0.2, -0.15) is 9.78 Å². The molecule has 0 atom stereocenters. The summed E-state index contributed by atoms with van der Waals surface area (Å²) in [6.45, 7) is 0. The van der Waals surface area contributed by atoms with E-state index in [1.807, 2.05) is 12.1 Å². The Hall–Kier alpha value is -2.69. The van der Waals surface area contributed by atoms with Crippen molar-refractivity contribution in [3.63, 3.8) is 0 Å². The van der Waals surface area contributed by atoms with Gasteiger partial charge >= 0.3 is 6.03 Å². The van der Waals surface area contributed by atoms with E-state index in [-0.39, 0.29) is 5.82 Å². The molecule has 20 heavy (non-hydrogen) atoms. The molecule has 2 N–H and O–H groups in total. The van der Waals surface area contributed by atoms with Crippen molar-refractivity contribution < 1.29 is 9.18 Å². The van der Waals surface area contributed by atoms with Gasteiger partial charge in [0.05, 0.1) is 11.2 Å². The van der Waals surface area contributed by atoms with E-state index in [1.54, 1.807) is 30.3 Å². The first-order valence-electron chi connectivity index (χ1n) is 6.16. The van der Waals surface area contributed by atoms with Crippen molar-refractivity contribution in [2.75, 3.05) is 0 Å². The molecule has 3 aromatic rings. The van der Waals surface area contributed by atoms with Crippen LogP contribution in [0.4, 0.5) is 9.18 Å². The molecule has 0 aliphatic rings. The Morgan fingerprint density at radius 3 is 2.60 bits per heavy atom. The molecule has 0 saturated heterocycles. The zero-order valence-electron chi connectivity index (χ0n) is 10.6. The monoisotopic (exact) mass is 269 g/mol. The first kappa shape index (κ1) is 12.3. The van der Waals surface area contributed by atoms with Gasteiger partial charge in [-0.25, -0.2) is 9.18 Å². The van der Waals surface area contributed by atoms with Gasteiger partial charge in [0.2, 0.25) is 0 Å². The maximum absolute atomic E-state index is 13.7. The van der Waals surface area contributed by atoms with Crippen molar-refractivity contribution in [1.29, 1.82) is 0 Å². The van der Waals surface area contributed by atoms with Crippen LogP contribution in [0.1, 0.15) is 11.3 Å². The van der Waals surface area contributed by atoms with Gasteiger partial charge in [0, 0.05) is 11.8 Å². The number of hydrogen-bond acceptors (Lipinski definition) is 2. The van der Waals surface area contributed by atoms with Gasteiger partial charge in [-0.3, -0.25) is 0 Å². The van der Waals surface area contributed by atoms with Crippen molar-refractivity contribution in [3.05, 3.63) is 65.6 Å². The molecule has 0 unspecified atom stereocenters. The molecule has 2 aromatic carbocycles. The minimum atomic E-state index is -0.652. The summed E-state index contributed by atoms with van der Waals surface area (Å²) in [5, 5.41) is 5.00. The number of nitrogens with zero attached hydrogens (tertiary/aromatic N) is 2. The van der Waals surface area contributed by atoms with E-state index in [1.165, 1.54) is 6.07 Å². The van der Waals surface area contributed by atoms with Gasteiger partial charge in [-0.15, -0.1) is 0 Å². The van der Waals surface area contributed by atoms with Gasteiger partial charge < -0.3 is 5.73 Å². The fourth-order valence-corrected chi connectivity index (χ4v) is 2.25. The molecule has 100 valence electrons. The minimum Gasteiger partial charge on any atom is -0.350 e. The molecule has 1 aromatic heterocycles. The summed E-state index contributed by atoms with van der Waals surface area (Å²) in [6, 6.07) is 13.1. The van der Waals surface area contributed by atoms with Crippen LogP contribution in [0.3, 0.4) is 0 Å². The van der Waals surface area contributed by atoms with Gasteiger partial charge in [0.1, 0.15) is 5.82 Å². The summed E-state index contributed by atoms with van der Waals surface area (Å²) < 4.78 is 14.9. The van der Waals surface area contributed by atoms with Crippen LogP contribution in [-0.2, 0) is 6.42 Å². The molecule has 0 radical (unpaired) electrons. The van der Waals surface area contributed by atoms with Crippen LogP contribution in [0.5, 0.6) is 0 Å². The lowest BCUT2D eigenvalue weighted by atomic mass is 10.1.